The van der Waals surface area contributed by atoms with Gasteiger partial charge in [0.05, 0.1) is 22.4 Å². The molecular formula is C21H19N3O4. The van der Waals surface area contributed by atoms with Crippen molar-refractivity contribution < 1.29 is 19.8 Å². The zero-order chi connectivity index (χ0) is 19.4. The minimum atomic E-state index is -0.489. The minimum absolute atomic E-state index is 0.128. The molecule has 142 valence electrons. The van der Waals surface area contributed by atoms with E-state index in [2.05, 4.69) is 15.6 Å². The summed E-state index contributed by atoms with van der Waals surface area (Å²) in [7, 11) is 0. The highest BCUT2D eigenvalue weighted by Gasteiger charge is 2.38. The molecule has 5 rings (SSSR count). The van der Waals surface area contributed by atoms with Crippen LogP contribution in [0.1, 0.15) is 44.0 Å². The Balaban J connectivity index is 1.63. The Kier molecular flexibility index (Phi) is 3.75. The zero-order valence-corrected chi connectivity index (χ0v) is 15.0. The number of phenolic OH excluding ortho intramolecular Hbond substituents is 2. The standard InChI is InChI=1S/C21H19N3O4/c25-18-12-3-1-2-4-13(12)19(26)16-15(18)20(27)14-10(8-24-17(14)21(16)28)7-23-11-5-6-22-9-11/h1-4,8,11,22-26H,5-7,9H2/t11-/m0/s1. The molecule has 2 aliphatic rings. The number of rotatable bonds is 3. The summed E-state index contributed by atoms with van der Waals surface area (Å²) in [6.07, 6.45) is 2.65. The van der Waals surface area contributed by atoms with Gasteiger partial charge in [-0.25, -0.2) is 0 Å². The highest BCUT2D eigenvalue weighted by atomic mass is 16.3. The maximum absolute atomic E-state index is 13.3. The molecule has 0 bridgehead atoms. The van der Waals surface area contributed by atoms with Crippen molar-refractivity contribution in [2.24, 2.45) is 0 Å². The number of ketones is 2. The van der Waals surface area contributed by atoms with E-state index in [0.717, 1.165) is 19.5 Å². The van der Waals surface area contributed by atoms with Gasteiger partial charge in [-0.2, -0.15) is 0 Å². The van der Waals surface area contributed by atoms with Crippen molar-refractivity contribution in [3.8, 4) is 11.5 Å². The molecule has 0 saturated carbocycles. The van der Waals surface area contributed by atoms with Crippen LogP contribution in [0.3, 0.4) is 0 Å². The van der Waals surface area contributed by atoms with Crippen LogP contribution in [0.25, 0.3) is 10.8 Å². The molecule has 0 radical (unpaired) electrons. The number of carbonyl (C=O) groups excluding carboxylic acids is 2. The quantitative estimate of drug-likeness (QED) is 0.348. The van der Waals surface area contributed by atoms with Crippen LogP contribution in [-0.4, -0.2) is 45.9 Å². The Hall–Kier alpha value is -3.16. The van der Waals surface area contributed by atoms with Crippen LogP contribution in [0.5, 0.6) is 11.5 Å². The molecule has 7 nitrogen and oxygen atoms in total. The zero-order valence-electron chi connectivity index (χ0n) is 15.0. The van der Waals surface area contributed by atoms with Gasteiger partial charge in [0.15, 0.2) is 5.78 Å². The van der Waals surface area contributed by atoms with Crippen LogP contribution in [0.2, 0.25) is 0 Å². The van der Waals surface area contributed by atoms with Gasteiger partial charge >= 0.3 is 0 Å². The third-order valence-corrected chi connectivity index (χ3v) is 5.67. The Morgan fingerprint density at radius 2 is 1.68 bits per heavy atom. The van der Waals surface area contributed by atoms with E-state index in [-0.39, 0.29) is 33.9 Å². The molecule has 3 aromatic rings. The Bertz CT molecular complexity index is 1140. The molecule has 2 aromatic carbocycles. The molecule has 0 amide bonds. The number of aromatic nitrogens is 1. The van der Waals surface area contributed by atoms with Crippen molar-refractivity contribution >= 4 is 22.3 Å². The van der Waals surface area contributed by atoms with E-state index in [1.54, 1.807) is 30.5 Å². The largest absolute Gasteiger partial charge is 0.506 e. The van der Waals surface area contributed by atoms with E-state index in [4.69, 9.17) is 0 Å². The minimum Gasteiger partial charge on any atom is -0.506 e. The molecule has 1 atom stereocenters. The molecule has 0 unspecified atom stereocenters. The maximum atomic E-state index is 13.3. The Morgan fingerprint density at radius 1 is 1.00 bits per heavy atom. The highest BCUT2D eigenvalue weighted by molar-refractivity contribution is 6.32. The fourth-order valence-corrected chi connectivity index (χ4v) is 4.22. The van der Waals surface area contributed by atoms with Crippen molar-refractivity contribution in [2.75, 3.05) is 13.1 Å². The van der Waals surface area contributed by atoms with Gasteiger partial charge in [-0.3, -0.25) is 9.59 Å². The number of aromatic hydroxyl groups is 2. The molecule has 2 heterocycles. The van der Waals surface area contributed by atoms with Gasteiger partial charge < -0.3 is 25.8 Å². The highest BCUT2D eigenvalue weighted by Crippen LogP contribution is 2.44. The lowest BCUT2D eigenvalue weighted by Gasteiger charge is -2.20. The predicted octanol–water partition coefficient (Wildman–Crippen LogP) is 1.81. The molecule has 1 fully saturated rings. The number of phenols is 2. The number of aromatic amines is 1. The maximum Gasteiger partial charge on any atom is 0.214 e. The van der Waals surface area contributed by atoms with E-state index in [1.807, 2.05) is 0 Å². The van der Waals surface area contributed by atoms with E-state index >= 15 is 0 Å². The predicted molar refractivity (Wildman–Crippen MR) is 103 cm³/mol. The molecule has 1 aliphatic heterocycles. The lowest BCUT2D eigenvalue weighted by atomic mass is 9.83. The lowest BCUT2D eigenvalue weighted by molar-refractivity contribution is 0.0972. The summed E-state index contributed by atoms with van der Waals surface area (Å²) in [4.78, 5) is 29.2. The first-order valence-electron chi connectivity index (χ1n) is 9.28. The van der Waals surface area contributed by atoms with Crippen LogP contribution in [0.15, 0.2) is 30.5 Å². The summed E-state index contributed by atoms with van der Waals surface area (Å²) in [6, 6.07) is 6.94. The number of nitrogens with one attached hydrogen (secondary N) is 3. The summed E-state index contributed by atoms with van der Waals surface area (Å²) >= 11 is 0. The van der Waals surface area contributed by atoms with E-state index in [9.17, 15) is 19.8 Å². The van der Waals surface area contributed by atoms with Crippen LogP contribution in [-0.2, 0) is 6.54 Å². The number of benzene rings is 2. The second-order valence-corrected chi connectivity index (χ2v) is 7.29. The average Bonchev–Trinajstić information content (AvgIpc) is 3.37. The lowest BCUT2D eigenvalue weighted by Crippen LogP contribution is -2.31. The number of hydrogen-bond acceptors (Lipinski definition) is 6. The molecule has 28 heavy (non-hydrogen) atoms. The number of H-pyrrole nitrogens is 1. The van der Waals surface area contributed by atoms with Gasteiger partial charge in [-0.15, -0.1) is 0 Å². The monoisotopic (exact) mass is 377 g/mol. The van der Waals surface area contributed by atoms with E-state index in [1.165, 1.54) is 0 Å². The van der Waals surface area contributed by atoms with E-state index < -0.39 is 11.6 Å². The number of hydrogen-bond donors (Lipinski definition) is 5. The topological polar surface area (TPSA) is 114 Å². The van der Waals surface area contributed by atoms with E-state index in [0.29, 0.717) is 28.9 Å². The summed E-state index contributed by atoms with van der Waals surface area (Å²) in [5.74, 6) is -1.49. The second-order valence-electron chi connectivity index (χ2n) is 7.29. The first-order chi connectivity index (χ1) is 13.6. The fraction of sp³-hybridized carbons (Fsp3) is 0.238. The fourth-order valence-electron chi connectivity index (χ4n) is 4.22. The number of carbonyl (C=O) groups is 2. The van der Waals surface area contributed by atoms with Gasteiger partial charge in [0.1, 0.15) is 11.5 Å². The normalized spacial score (nSPS) is 18.5. The van der Waals surface area contributed by atoms with Crippen molar-refractivity contribution in [3.63, 3.8) is 0 Å². The van der Waals surface area contributed by atoms with Crippen molar-refractivity contribution in [1.29, 1.82) is 0 Å². The molecule has 1 aliphatic carbocycles. The van der Waals surface area contributed by atoms with Gasteiger partial charge in [0.2, 0.25) is 5.78 Å². The first kappa shape index (κ1) is 17.0. The van der Waals surface area contributed by atoms with Crippen LogP contribution < -0.4 is 10.6 Å². The molecule has 7 heteroatoms. The first-order valence-corrected chi connectivity index (χ1v) is 9.28. The van der Waals surface area contributed by atoms with Crippen molar-refractivity contribution in [2.45, 2.75) is 19.0 Å². The summed E-state index contributed by atoms with van der Waals surface area (Å²) < 4.78 is 0. The third-order valence-electron chi connectivity index (χ3n) is 5.67. The Morgan fingerprint density at radius 3 is 2.32 bits per heavy atom. The van der Waals surface area contributed by atoms with Crippen LogP contribution in [0.4, 0.5) is 0 Å². The molecule has 1 aromatic heterocycles. The summed E-state index contributed by atoms with van der Waals surface area (Å²) in [5.41, 5.74) is 0.829. The second kappa shape index (κ2) is 6.19. The van der Waals surface area contributed by atoms with Gasteiger partial charge in [0.25, 0.3) is 0 Å². The Labute approximate surface area is 160 Å². The smallest absolute Gasteiger partial charge is 0.214 e. The van der Waals surface area contributed by atoms with Crippen LogP contribution >= 0.6 is 0 Å². The summed E-state index contributed by atoms with van der Waals surface area (Å²) in [5, 5.41) is 28.8. The SMILES string of the molecule is O=C1c2[nH]cc(CN[C@H]3CCNC3)c2C(=O)c2c1c(O)c1ccccc1c2O. The number of fused-ring (bicyclic) bond motifs is 3. The third kappa shape index (κ3) is 2.30. The van der Waals surface area contributed by atoms with Gasteiger partial charge in [-0.05, 0) is 18.5 Å². The van der Waals surface area contributed by atoms with Crippen molar-refractivity contribution in [1.82, 2.24) is 15.6 Å². The van der Waals surface area contributed by atoms with Crippen molar-refractivity contribution in [3.05, 3.63) is 58.4 Å². The molecule has 0 spiro atoms. The molecule has 1 saturated heterocycles. The van der Waals surface area contributed by atoms with Gasteiger partial charge in [-0.1, -0.05) is 24.3 Å². The molecule has 5 N–H and O–H groups in total. The van der Waals surface area contributed by atoms with Crippen LogP contribution in [0, 0.1) is 0 Å². The molecular weight excluding hydrogens is 358 g/mol. The summed E-state index contributed by atoms with van der Waals surface area (Å²) in [6.45, 7) is 2.25. The average molecular weight is 377 g/mol. The van der Waals surface area contributed by atoms with Gasteiger partial charge in [0, 0.05) is 36.1 Å².